The van der Waals surface area contributed by atoms with Gasteiger partial charge in [0.2, 0.25) is 5.91 Å². The molecule has 1 heterocycles. The summed E-state index contributed by atoms with van der Waals surface area (Å²) in [6.45, 7) is 1.90. The summed E-state index contributed by atoms with van der Waals surface area (Å²) in [6.07, 6.45) is 3.89. The monoisotopic (exact) mass is 420 g/mol. The van der Waals surface area contributed by atoms with Crippen molar-refractivity contribution >= 4 is 17.3 Å². The number of fused-ring (bicyclic) bond motifs is 1. The third kappa shape index (κ3) is 4.03. The molecule has 6 heteroatoms. The lowest BCUT2D eigenvalue weighted by molar-refractivity contribution is -0.116. The van der Waals surface area contributed by atoms with Gasteiger partial charge in [-0.15, -0.1) is 0 Å². The van der Waals surface area contributed by atoms with Gasteiger partial charge < -0.3 is 15.5 Å². The van der Waals surface area contributed by atoms with E-state index in [0.717, 1.165) is 42.5 Å². The van der Waals surface area contributed by atoms with E-state index in [2.05, 4.69) is 35.7 Å². The number of halogens is 1. The molecule has 2 aromatic carbocycles. The molecule has 2 N–H and O–H groups in total. The molecule has 0 bridgehead atoms. The second-order valence-electron chi connectivity index (χ2n) is 9.08. The summed E-state index contributed by atoms with van der Waals surface area (Å²) < 4.78 is 14.1. The Morgan fingerprint density at radius 1 is 1.26 bits per heavy atom. The average Bonchev–Trinajstić information content (AvgIpc) is 3.24. The average molecular weight is 421 g/mol. The molecule has 31 heavy (non-hydrogen) atoms. The first-order valence-electron chi connectivity index (χ1n) is 10.9. The number of nitrogens with one attached hydrogen (secondary N) is 2. The van der Waals surface area contributed by atoms with Crippen LogP contribution in [0.2, 0.25) is 0 Å². The predicted octanol–water partition coefficient (Wildman–Crippen LogP) is 4.38. The van der Waals surface area contributed by atoms with E-state index in [-0.39, 0.29) is 11.7 Å². The van der Waals surface area contributed by atoms with Gasteiger partial charge in [0.15, 0.2) is 0 Å². The summed E-state index contributed by atoms with van der Waals surface area (Å²) in [7, 11) is 4.17. The highest BCUT2D eigenvalue weighted by Crippen LogP contribution is 2.41. The van der Waals surface area contributed by atoms with Gasteiger partial charge >= 0.3 is 0 Å². The number of carbonyl (C=O) groups excluding carboxylic acids is 1. The van der Waals surface area contributed by atoms with Crippen molar-refractivity contribution in [3.63, 3.8) is 0 Å². The van der Waals surface area contributed by atoms with Gasteiger partial charge in [-0.25, -0.2) is 4.39 Å². The highest BCUT2D eigenvalue weighted by Gasteiger charge is 2.38. The molecule has 0 spiro atoms. The lowest BCUT2D eigenvalue weighted by Crippen LogP contribution is -2.38. The maximum absolute atomic E-state index is 14.1. The normalized spacial score (nSPS) is 24.9. The molecule has 4 rings (SSSR count). The van der Waals surface area contributed by atoms with Crippen LogP contribution in [0.3, 0.4) is 0 Å². The van der Waals surface area contributed by atoms with E-state index in [9.17, 15) is 14.4 Å². The predicted molar refractivity (Wildman–Crippen MR) is 121 cm³/mol. The van der Waals surface area contributed by atoms with Crippen LogP contribution in [-0.4, -0.2) is 37.0 Å². The van der Waals surface area contributed by atoms with Crippen molar-refractivity contribution in [1.29, 1.82) is 5.26 Å². The van der Waals surface area contributed by atoms with Crippen LogP contribution in [0.4, 0.5) is 15.8 Å². The number of carbonyl (C=O) groups is 1. The quantitative estimate of drug-likeness (QED) is 0.771. The molecule has 1 aliphatic heterocycles. The van der Waals surface area contributed by atoms with Gasteiger partial charge in [-0.05, 0) is 76.0 Å². The Morgan fingerprint density at radius 2 is 2.00 bits per heavy atom. The van der Waals surface area contributed by atoms with Crippen LogP contribution in [0.1, 0.15) is 42.4 Å². The van der Waals surface area contributed by atoms with Crippen molar-refractivity contribution < 1.29 is 9.18 Å². The van der Waals surface area contributed by atoms with Gasteiger partial charge in [-0.2, -0.15) is 5.26 Å². The minimum absolute atomic E-state index is 0.200. The van der Waals surface area contributed by atoms with Crippen molar-refractivity contribution in [3.8, 4) is 6.07 Å². The van der Waals surface area contributed by atoms with Gasteiger partial charge in [0.25, 0.3) is 0 Å². The summed E-state index contributed by atoms with van der Waals surface area (Å²) in [5.41, 5.74) is 3.31. The Hall–Kier alpha value is -2.91. The van der Waals surface area contributed by atoms with E-state index in [0.29, 0.717) is 23.7 Å². The van der Waals surface area contributed by atoms with Crippen molar-refractivity contribution in [2.45, 2.75) is 56.5 Å². The fourth-order valence-corrected chi connectivity index (χ4v) is 4.93. The number of hydrogen-bond donors (Lipinski definition) is 2. The first kappa shape index (κ1) is 21.3. The highest BCUT2D eigenvalue weighted by atomic mass is 19.1. The Kier molecular flexibility index (Phi) is 5.72. The molecule has 1 atom stereocenters. The molecule has 1 saturated carbocycles. The van der Waals surface area contributed by atoms with Gasteiger partial charge in [0, 0.05) is 29.4 Å². The lowest BCUT2D eigenvalue weighted by Gasteiger charge is -2.38. The molecule has 0 saturated heterocycles. The van der Waals surface area contributed by atoms with Gasteiger partial charge in [-0.3, -0.25) is 4.79 Å². The molecule has 162 valence electrons. The Labute approximate surface area is 183 Å². The van der Waals surface area contributed by atoms with Crippen molar-refractivity contribution in [1.82, 2.24) is 4.90 Å². The van der Waals surface area contributed by atoms with Crippen molar-refractivity contribution in [2.75, 3.05) is 24.7 Å². The number of nitriles is 1. The molecule has 5 nitrogen and oxygen atoms in total. The Bertz CT molecular complexity index is 1000. The molecule has 1 fully saturated rings. The minimum Gasteiger partial charge on any atom is -0.373 e. The first-order valence-corrected chi connectivity index (χ1v) is 10.9. The van der Waals surface area contributed by atoms with Crippen LogP contribution < -0.4 is 10.6 Å². The molecule has 2 aromatic rings. The van der Waals surface area contributed by atoms with Crippen LogP contribution in [0, 0.1) is 24.1 Å². The van der Waals surface area contributed by atoms with Gasteiger partial charge in [0.1, 0.15) is 11.9 Å². The number of nitrogens with zero attached hydrogens (tertiary/aromatic N) is 2. The fraction of sp³-hybridized carbons (Fsp3) is 0.440. The Morgan fingerprint density at radius 3 is 2.65 bits per heavy atom. The van der Waals surface area contributed by atoms with E-state index < -0.39 is 11.5 Å². The summed E-state index contributed by atoms with van der Waals surface area (Å²) in [6, 6.07) is 13.4. The summed E-state index contributed by atoms with van der Waals surface area (Å²) in [5.74, 6) is -0.482. The maximum Gasteiger partial charge on any atom is 0.247 e. The lowest BCUT2D eigenvalue weighted by atomic mass is 9.69. The number of aryl methyl sites for hydroxylation is 1. The van der Waals surface area contributed by atoms with E-state index in [1.807, 2.05) is 31.2 Å². The van der Waals surface area contributed by atoms with Crippen LogP contribution in [0.25, 0.3) is 0 Å². The fourth-order valence-electron chi connectivity index (χ4n) is 4.93. The molecule has 0 aromatic heterocycles. The summed E-state index contributed by atoms with van der Waals surface area (Å²) in [5, 5.41) is 16.2. The van der Waals surface area contributed by atoms with Gasteiger partial charge in [-0.1, -0.05) is 18.2 Å². The third-order valence-corrected chi connectivity index (χ3v) is 6.94. The summed E-state index contributed by atoms with van der Waals surface area (Å²) >= 11 is 0. The van der Waals surface area contributed by atoms with Gasteiger partial charge in [0.05, 0.1) is 11.5 Å². The maximum atomic E-state index is 14.1. The van der Waals surface area contributed by atoms with E-state index >= 15 is 0 Å². The number of anilines is 2. The second-order valence-corrected chi connectivity index (χ2v) is 9.08. The standard InChI is InChI=1S/C25H29FN4O/c1-16-7-8-21(26)20-14-22(29-23(16)20)24(31)28-18-6-4-5-17(13-18)25(15-27)11-9-19(10-12-25)30(2)3/h4-8,13,19,22,29H,9-12,14H2,1-3H3,(H,28,31). The number of benzene rings is 2. The minimum atomic E-state index is -0.519. The molecule has 0 radical (unpaired) electrons. The number of rotatable bonds is 4. The van der Waals surface area contributed by atoms with E-state index in [1.165, 1.54) is 6.07 Å². The molecular weight excluding hydrogens is 391 g/mol. The zero-order valence-corrected chi connectivity index (χ0v) is 18.3. The largest absolute Gasteiger partial charge is 0.373 e. The number of hydrogen-bond acceptors (Lipinski definition) is 4. The molecule has 1 unspecified atom stereocenters. The summed E-state index contributed by atoms with van der Waals surface area (Å²) in [4.78, 5) is 15.1. The topological polar surface area (TPSA) is 68.2 Å². The van der Waals surface area contributed by atoms with Crippen molar-refractivity contribution in [3.05, 3.63) is 58.9 Å². The van der Waals surface area contributed by atoms with Crippen LogP contribution in [0.15, 0.2) is 36.4 Å². The SMILES string of the molecule is Cc1ccc(F)c2c1NC(C(=O)Nc1cccc(C3(C#N)CCC(N(C)C)CC3)c1)C2. The third-order valence-electron chi connectivity index (χ3n) is 6.94. The molecule has 1 aliphatic carbocycles. The highest BCUT2D eigenvalue weighted by molar-refractivity contribution is 5.98. The molecule has 2 aliphatic rings. The van der Waals surface area contributed by atoms with Crippen LogP contribution in [0.5, 0.6) is 0 Å². The second kappa shape index (κ2) is 8.32. The molecule has 1 amide bonds. The Balaban J connectivity index is 1.48. The van der Waals surface area contributed by atoms with Crippen LogP contribution in [-0.2, 0) is 16.6 Å². The van der Waals surface area contributed by atoms with E-state index in [1.54, 1.807) is 6.07 Å². The zero-order chi connectivity index (χ0) is 22.2. The first-order chi connectivity index (χ1) is 14.8. The van der Waals surface area contributed by atoms with E-state index in [4.69, 9.17) is 0 Å². The van der Waals surface area contributed by atoms with Crippen molar-refractivity contribution in [2.24, 2.45) is 0 Å². The smallest absolute Gasteiger partial charge is 0.247 e. The van der Waals surface area contributed by atoms with Crippen LogP contribution >= 0.6 is 0 Å². The molecular formula is C25H29FN4O. The zero-order valence-electron chi connectivity index (χ0n) is 18.3. The number of amides is 1.